The number of carbonyl (C=O) groups is 1. The third-order valence-corrected chi connectivity index (χ3v) is 0.380. The summed E-state index contributed by atoms with van der Waals surface area (Å²) in [6.07, 6.45) is 2.42. The number of hydrogen-bond donors (Lipinski definition) is 8. The normalized spacial score (nSPS) is 5.60. The van der Waals surface area contributed by atoms with Gasteiger partial charge in [-0.2, -0.15) is 12.8 Å². The van der Waals surface area contributed by atoms with Crippen molar-refractivity contribution in [3.8, 4) is 0 Å². The predicted molar refractivity (Wildman–Crippen MR) is 46.1 cm³/mol. The molecule has 0 atom stereocenters. The maximum Gasteiger partial charge on any atom is 0.343 e. The van der Waals surface area contributed by atoms with E-state index in [2.05, 4.69) is 23.4 Å². The Morgan fingerprint density at radius 1 is 0.867 bits per heavy atom. The van der Waals surface area contributed by atoms with Gasteiger partial charge in [-0.15, -0.1) is 0 Å². The van der Waals surface area contributed by atoms with E-state index in [1.165, 1.54) is 12.8 Å². The van der Waals surface area contributed by atoms with E-state index in [9.17, 15) is 4.79 Å². The number of rotatable bonds is 2. The summed E-state index contributed by atoms with van der Waals surface area (Å²) in [7, 11) is 0. The quantitative estimate of drug-likeness (QED) is 0.0818. The van der Waals surface area contributed by atoms with Crippen molar-refractivity contribution in [2.45, 2.75) is 0 Å². The van der Waals surface area contributed by atoms with Crippen LogP contribution >= 0.6 is 0 Å². The molecule has 0 bridgehead atoms. The van der Waals surface area contributed by atoms with Crippen LogP contribution in [0.4, 0.5) is 4.79 Å². The van der Waals surface area contributed by atoms with Crippen LogP contribution in [-0.2, 0) is 42.3 Å². The Balaban J connectivity index is -0.0000000606. The molecular formula is C3H12N8O3Y-2. The Morgan fingerprint density at radius 3 is 1.07 bits per heavy atom. The number of nitrogens with one attached hydrogen (secondary N) is 4. The van der Waals surface area contributed by atoms with Crippen LogP contribution in [0.1, 0.15) is 0 Å². The molecule has 0 rings (SSSR count). The molecule has 0 saturated carbocycles. The van der Waals surface area contributed by atoms with Crippen LogP contribution < -0.4 is 45.1 Å². The smallest absolute Gasteiger partial charge is 0.343 e. The van der Waals surface area contributed by atoms with Gasteiger partial charge in [0.2, 0.25) is 0 Å². The molecule has 0 aliphatic rings. The van der Waals surface area contributed by atoms with Crippen molar-refractivity contribution in [2.24, 2.45) is 23.4 Å². The van der Waals surface area contributed by atoms with Crippen molar-refractivity contribution < 1.29 is 47.1 Å². The van der Waals surface area contributed by atoms with E-state index in [1.54, 1.807) is 21.7 Å². The molecule has 0 aliphatic carbocycles. The number of amides is 4. The van der Waals surface area contributed by atoms with Crippen LogP contribution in [0.5, 0.6) is 0 Å². The number of hydrazine groups is 4. The van der Waals surface area contributed by atoms with Crippen molar-refractivity contribution >= 4 is 18.9 Å². The van der Waals surface area contributed by atoms with Gasteiger partial charge in [0.25, 0.3) is 0 Å². The van der Waals surface area contributed by atoms with Crippen molar-refractivity contribution in [1.29, 1.82) is 0 Å². The summed E-state index contributed by atoms with van der Waals surface area (Å²) in [6.45, 7) is 0. The first-order valence-corrected chi connectivity index (χ1v) is 2.77. The first kappa shape index (κ1) is 23.8. The van der Waals surface area contributed by atoms with E-state index in [1.807, 2.05) is 0 Å². The fraction of sp³-hybridized carbons (Fsp3) is 0. The zero-order chi connectivity index (χ0) is 11.8. The van der Waals surface area contributed by atoms with Crippen LogP contribution in [0.15, 0.2) is 0 Å². The van der Waals surface area contributed by atoms with Gasteiger partial charge in [-0.3, -0.25) is 22.5 Å². The summed E-state index contributed by atoms with van der Waals surface area (Å²) in [5.74, 6) is 17.8. The summed E-state index contributed by atoms with van der Waals surface area (Å²) in [5.41, 5.74) is 6.73. The number of hydrogen-bond acceptors (Lipinski definition) is 7. The van der Waals surface area contributed by atoms with Gasteiger partial charge >= 0.3 is 6.03 Å². The molecule has 11 nitrogen and oxygen atoms in total. The first-order valence-electron chi connectivity index (χ1n) is 2.77. The second-order valence-electron chi connectivity index (χ2n) is 1.11. The monoisotopic (exact) mass is 297 g/mol. The Kier molecular flexibility index (Phi) is 46.3. The molecule has 0 saturated heterocycles. The molecule has 0 aromatic heterocycles. The average Bonchev–Trinajstić information content (AvgIpc) is 2.28. The van der Waals surface area contributed by atoms with Crippen LogP contribution in [0.3, 0.4) is 0 Å². The molecule has 1 radical (unpaired) electrons. The van der Waals surface area contributed by atoms with Crippen molar-refractivity contribution in [1.82, 2.24) is 21.7 Å². The Bertz CT molecular complexity index is 131. The molecule has 12 heteroatoms. The SMILES string of the molecule is NNC(=O)NN.NN[C-]=O.NN[C-]=O.[Y]. The minimum Gasteiger partial charge on any atom is -0.519 e. The maximum atomic E-state index is 9.71. The third-order valence-electron chi connectivity index (χ3n) is 0.380. The van der Waals surface area contributed by atoms with Gasteiger partial charge < -0.3 is 20.4 Å². The van der Waals surface area contributed by atoms with Crippen LogP contribution in [-0.4, -0.2) is 18.9 Å². The minimum atomic E-state index is -0.602. The van der Waals surface area contributed by atoms with Gasteiger partial charge in [-0.1, -0.05) is 0 Å². The van der Waals surface area contributed by atoms with Crippen molar-refractivity contribution in [3.05, 3.63) is 0 Å². The number of urea groups is 1. The number of nitrogens with two attached hydrogens (primary N) is 4. The van der Waals surface area contributed by atoms with Crippen molar-refractivity contribution in [3.63, 3.8) is 0 Å². The Hall–Kier alpha value is -0.846. The standard InChI is InChI=1S/CH6N4O.2CH3N2O.Y/c2-4-1(6)5-3;2*2-3-1-4;/h2-3H2,(H2,4,5,6);2*2H2,(H,3,4);/q;2*-1;. The summed E-state index contributed by atoms with van der Waals surface area (Å²) in [4.78, 5) is 27.3. The second-order valence-corrected chi connectivity index (χ2v) is 1.11. The molecule has 0 aliphatic heterocycles. The molecule has 0 aromatic rings. The zero-order valence-corrected chi connectivity index (χ0v) is 10.4. The van der Waals surface area contributed by atoms with Gasteiger partial charge in [0.05, 0.1) is 0 Å². The van der Waals surface area contributed by atoms with Crippen molar-refractivity contribution in [2.75, 3.05) is 0 Å². The molecule has 15 heavy (non-hydrogen) atoms. The summed E-state index contributed by atoms with van der Waals surface area (Å²) in [5, 5.41) is 0. The largest absolute Gasteiger partial charge is 0.519 e. The molecule has 0 unspecified atom stereocenters. The van der Waals surface area contributed by atoms with E-state index < -0.39 is 6.03 Å². The van der Waals surface area contributed by atoms with Gasteiger partial charge in [0, 0.05) is 32.7 Å². The van der Waals surface area contributed by atoms with Gasteiger partial charge in [0.1, 0.15) is 0 Å². The van der Waals surface area contributed by atoms with Gasteiger partial charge in [-0.25, -0.2) is 16.5 Å². The zero-order valence-electron chi connectivity index (χ0n) is 7.61. The van der Waals surface area contributed by atoms with Crippen LogP contribution in [0.2, 0.25) is 0 Å². The van der Waals surface area contributed by atoms with E-state index in [0.717, 1.165) is 0 Å². The topological polar surface area (TPSA) is 203 Å². The summed E-state index contributed by atoms with van der Waals surface area (Å²) >= 11 is 0. The molecule has 0 fully saturated rings. The van der Waals surface area contributed by atoms with E-state index in [4.69, 9.17) is 9.59 Å². The molecule has 4 amide bonds. The van der Waals surface area contributed by atoms with Gasteiger partial charge in [0.15, 0.2) is 0 Å². The Labute approximate surface area is 111 Å². The maximum absolute atomic E-state index is 9.71. The second kappa shape index (κ2) is 29.2. The predicted octanol–water partition coefficient (Wildman–Crippen LogP) is -4.94. The molecule has 0 heterocycles. The van der Waals surface area contributed by atoms with Crippen LogP contribution in [0, 0.1) is 0 Å². The van der Waals surface area contributed by atoms with Gasteiger partial charge in [-0.05, 0) is 0 Å². The Morgan fingerprint density at radius 2 is 1.07 bits per heavy atom. The molecule has 0 aromatic carbocycles. The van der Waals surface area contributed by atoms with Crippen LogP contribution in [0.25, 0.3) is 0 Å². The fourth-order valence-corrected chi connectivity index (χ4v) is 0.0417. The number of carbonyl (C=O) groups excluding carboxylic acids is 3. The molecule has 12 N–H and O–H groups in total. The summed E-state index contributed by atoms with van der Waals surface area (Å²) in [6, 6.07) is -0.602. The minimum absolute atomic E-state index is 0. The van der Waals surface area contributed by atoms with E-state index >= 15 is 0 Å². The molecule has 0 spiro atoms. The molecular weight excluding hydrogens is 285 g/mol. The first-order chi connectivity index (χ1) is 6.64. The average molecular weight is 297 g/mol. The fourth-order valence-electron chi connectivity index (χ4n) is 0.0417. The van der Waals surface area contributed by atoms with E-state index in [0.29, 0.717) is 0 Å². The summed E-state index contributed by atoms with van der Waals surface area (Å²) < 4.78 is 0. The van der Waals surface area contributed by atoms with E-state index in [-0.39, 0.29) is 32.7 Å². The third kappa shape index (κ3) is 61.6. The molecule has 87 valence electrons.